The number of nitrogens with one attached hydrogen (secondary N) is 1. The molecule has 0 aliphatic carbocycles. The van der Waals surface area contributed by atoms with Crippen LogP contribution in [0.2, 0.25) is 0 Å². The molecule has 1 aromatic heterocycles. The van der Waals surface area contributed by atoms with Crippen molar-refractivity contribution in [1.29, 1.82) is 0 Å². The van der Waals surface area contributed by atoms with Crippen molar-refractivity contribution >= 4 is 5.91 Å². The van der Waals surface area contributed by atoms with E-state index in [9.17, 15) is 4.79 Å². The minimum Gasteiger partial charge on any atom is -0.336 e. The van der Waals surface area contributed by atoms with Crippen molar-refractivity contribution in [2.75, 3.05) is 19.6 Å². The lowest BCUT2D eigenvalue weighted by molar-refractivity contribution is 0.0708. The van der Waals surface area contributed by atoms with E-state index < -0.39 is 0 Å². The van der Waals surface area contributed by atoms with Crippen LogP contribution in [-0.2, 0) is 0 Å². The van der Waals surface area contributed by atoms with Gasteiger partial charge >= 0.3 is 0 Å². The Bertz CT molecular complexity index is 735. The predicted molar refractivity (Wildman–Crippen MR) is 91.1 cm³/mol. The van der Waals surface area contributed by atoms with Crippen LogP contribution in [0.15, 0.2) is 24.4 Å². The molecule has 1 amide bonds. The average Bonchev–Trinajstić information content (AvgIpc) is 2.90. The highest BCUT2D eigenvalue weighted by Gasteiger charge is 2.25. The van der Waals surface area contributed by atoms with Gasteiger partial charge in [0, 0.05) is 25.7 Å². The van der Waals surface area contributed by atoms with Crippen molar-refractivity contribution in [1.82, 2.24) is 20.0 Å². The first-order valence-corrected chi connectivity index (χ1v) is 8.12. The van der Waals surface area contributed by atoms with E-state index in [4.69, 9.17) is 0 Å². The maximum Gasteiger partial charge on any atom is 0.257 e. The number of nitrogens with zero attached hydrogens (tertiary/aromatic N) is 3. The lowest BCUT2D eigenvalue weighted by Crippen LogP contribution is -2.51. The number of aromatic nitrogens is 2. The van der Waals surface area contributed by atoms with Gasteiger partial charge in [0.25, 0.3) is 5.91 Å². The van der Waals surface area contributed by atoms with E-state index in [2.05, 4.69) is 49.4 Å². The lowest BCUT2D eigenvalue weighted by Gasteiger charge is -2.31. The Labute approximate surface area is 137 Å². The molecule has 1 aromatic carbocycles. The van der Waals surface area contributed by atoms with Gasteiger partial charge in [-0.3, -0.25) is 4.79 Å². The number of benzene rings is 1. The van der Waals surface area contributed by atoms with E-state index in [1.54, 1.807) is 6.20 Å². The van der Waals surface area contributed by atoms with Crippen molar-refractivity contribution in [2.24, 2.45) is 0 Å². The second kappa shape index (κ2) is 6.16. The first kappa shape index (κ1) is 15.7. The molecule has 3 rings (SSSR count). The summed E-state index contributed by atoms with van der Waals surface area (Å²) in [6, 6.07) is 6.62. The van der Waals surface area contributed by atoms with Crippen molar-refractivity contribution < 1.29 is 4.79 Å². The molecule has 122 valence electrons. The summed E-state index contributed by atoms with van der Waals surface area (Å²) in [5.41, 5.74) is 4.96. The largest absolute Gasteiger partial charge is 0.336 e. The molecule has 1 aliphatic rings. The van der Waals surface area contributed by atoms with Gasteiger partial charge in [-0.15, -0.1) is 0 Å². The first-order chi connectivity index (χ1) is 11.0. The Balaban J connectivity index is 1.93. The van der Waals surface area contributed by atoms with Crippen LogP contribution >= 0.6 is 0 Å². The highest BCUT2D eigenvalue weighted by atomic mass is 16.2. The van der Waals surface area contributed by atoms with Crippen LogP contribution in [0.25, 0.3) is 5.69 Å². The average molecular weight is 312 g/mol. The molecule has 23 heavy (non-hydrogen) atoms. The number of hydrogen-bond donors (Lipinski definition) is 1. The summed E-state index contributed by atoms with van der Waals surface area (Å²) in [7, 11) is 0. The standard InChI is InChI=1S/C18H24N4O/c1-12-5-6-13(2)17(9-12)22-15(4)16(10-20-22)18(23)21-8-7-19-14(3)11-21/h5-6,9-10,14,19H,7-8,11H2,1-4H3/t14-/m1/s1. The number of carbonyl (C=O) groups is 1. The molecule has 2 aromatic rings. The zero-order chi connectivity index (χ0) is 16.6. The first-order valence-electron chi connectivity index (χ1n) is 8.12. The molecule has 1 fully saturated rings. The Morgan fingerprint density at radius 1 is 1.30 bits per heavy atom. The Morgan fingerprint density at radius 2 is 2.09 bits per heavy atom. The molecule has 0 unspecified atom stereocenters. The van der Waals surface area contributed by atoms with Crippen LogP contribution < -0.4 is 5.32 Å². The third-order valence-corrected chi connectivity index (χ3v) is 4.49. The Kier molecular flexibility index (Phi) is 4.22. The van der Waals surface area contributed by atoms with Crippen LogP contribution in [0, 0.1) is 20.8 Å². The Hall–Kier alpha value is -2.14. The van der Waals surface area contributed by atoms with E-state index in [0.29, 0.717) is 11.6 Å². The molecule has 2 heterocycles. The van der Waals surface area contributed by atoms with Crippen molar-refractivity contribution in [3.63, 3.8) is 0 Å². The minimum atomic E-state index is 0.0763. The van der Waals surface area contributed by atoms with Gasteiger partial charge in [0.1, 0.15) is 0 Å². The minimum absolute atomic E-state index is 0.0763. The van der Waals surface area contributed by atoms with E-state index in [1.807, 2.05) is 16.5 Å². The molecule has 1 N–H and O–H groups in total. The molecule has 0 radical (unpaired) electrons. The predicted octanol–water partition coefficient (Wildman–Crippen LogP) is 2.23. The molecule has 1 aliphatic heterocycles. The van der Waals surface area contributed by atoms with E-state index in [1.165, 1.54) is 5.56 Å². The van der Waals surface area contributed by atoms with Crippen LogP contribution in [0.5, 0.6) is 0 Å². The molecule has 0 bridgehead atoms. The van der Waals surface area contributed by atoms with Gasteiger partial charge in [0.15, 0.2) is 0 Å². The summed E-state index contributed by atoms with van der Waals surface area (Å²) in [6.45, 7) is 10.5. The van der Waals surface area contributed by atoms with E-state index >= 15 is 0 Å². The van der Waals surface area contributed by atoms with Crippen LogP contribution in [-0.4, -0.2) is 46.3 Å². The quantitative estimate of drug-likeness (QED) is 0.925. The van der Waals surface area contributed by atoms with Gasteiger partial charge in [-0.05, 0) is 44.9 Å². The summed E-state index contributed by atoms with van der Waals surface area (Å²) >= 11 is 0. The second-order valence-corrected chi connectivity index (χ2v) is 6.45. The van der Waals surface area contributed by atoms with Gasteiger partial charge in [-0.1, -0.05) is 12.1 Å². The fourth-order valence-electron chi connectivity index (χ4n) is 3.10. The Morgan fingerprint density at radius 3 is 2.83 bits per heavy atom. The molecule has 5 nitrogen and oxygen atoms in total. The third kappa shape index (κ3) is 3.01. The number of aryl methyl sites for hydroxylation is 2. The lowest BCUT2D eigenvalue weighted by atomic mass is 10.1. The molecular formula is C18H24N4O. The normalized spacial score (nSPS) is 18.3. The fourth-order valence-corrected chi connectivity index (χ4v) is 3.10. The monoisotopic (exact) mass is 312 g/mol. The van der Waals surface area contributed by atoms with Crippen LogP contribution in [0.3, 0.4) is 0 Å². The molecular weight excluding hydrogens is 288 g/mol. The van der Waals surface area contributed by atoms with E-state index in [0.717, 1.165) is 36.6 Å². The number of rotatable bonds is 2. The number of amides is 1. The van der Waals surface area contributed by atoms with Crippen molar-refractivity contribution in [2.45, 2.75) is 33.7 Å². The molecule has 0 spiro atoms. The summed E-state index contributed by atoms with van der Waals surface area (Å²) in [6.07, 6.45) is 1.70. The van der Waals surface area contributed by atoms with Crippen molar-refractivity contribution in [3.8, 4) is 5.69 Å². The zero-order valence-electron chi connectivity index (χ0n) is 14.3. The van der Waals surface area contributed by atoms with Gasteiger partial charge in [0.05, 0.1) is 23.1 Å². The van der Waals surface area contributed by atoms with Gasteiger partial charge < -0.3 is 10.2 Å². The maximum absolute atomic E-state index is 12.8. The summed E-state index contributed by atoms with van der Waals surface area (Å²) in [4.78, 5) is 14.7. The highest BCUT2D eigenvalue weighted by molar-refractivity contribution is 5.95. The summed E-state index contributed by atoms with van der Waals surface area (Å²) < 4.78 is 1.88. The number of carbonyl (C=O) groups excluding carboxylic acids is 1. The zero-order valence-corrected chi connectivity index (χ0v) is 14.3. The number of piperazine rings is 1. The molecule has 1 atom stereocenters. The SMILES string of the molecule is Cc1ccc(C)c(-n2ncc(C(=O)N3CCN[C@H](C)C3)c2C)c1. The summed E-state index contributed by atoms with van der Waals surface area (Å²) in [5.74, 6) is 0.0763. The van der Waals surface area contributed by atoms with Gasteiger partial charge in [-0.2, -0.15) is 5.10 Å². The second-order valence-electron chi connectivity index (χ2n) is 6.45. The van der Waals surface area contributed by atoms with Gasteiger partial charge in [-0.25, -0.2) is 4.68 Å². The number of hydrogen-bond acceptors (Lipinski definition) is 3. The summed E-state index contributed by atoms with van der Waals surface area (Å²) in [5, 5.41) is 7.84. The third-order valence-electron chi connectivity index (χ3n) is 4.49. The smallest absolute Gasteiger partial charge is 0.257 e. The van der Waals surface area contributed by atoms with Gasteiger partial charge in [0.2, 0.25) is 0 Å². The topological polar surface area (TPSA) is 50.2 Å². The van der Waals surface area contributed by atoms with E-state index in [-0.39, 0.29) is 5.91 Å². The fraction of sp³-hybridized carbons (Fsp3) is 0.444. The van der Waals surface area contributed by atoms with Crippen LogP contribution in [0.4, 0.5) is 0 Å². The molecule has 5 heteroatoms. The van der Waals surface area contributed by atoms with Crippen LogP contribution in [0.1, 0.15) is 34.1 Å². The van der Waals surface area contributed by atoms with Crippen molar-refractivity contribution in [3.05, 3.63) is 46.8 Å². The molecule has 0 saturated carbocycles. The highest BCUT2D eigenvalue weighted by Crippen LogP contribution is 2.20. The molecule has 1 saturated heterocycles. The maximum atomic E-state index is 12.8.